The molecule has 0 spiro atoms. The Morgan fingerprint density at radius 3 is 2.77 bits per heavy atom. The number of benzene rings is 1. The molecule has 3 heterocycles. The van der Waals surface area contributed by atoms with Gasteiger partial charge in [0.25, 0.3) is 0 Å². The minimum atomic E-state index is -4.55. The number of hydrogen-bond donors (Lipinski definition) is 3. The van der Waals surface area contributed by atoms with Crippen LogP contribution < -0.4 is 10.1 Å². The first-order valence-corrected chi connectivity index (χ1v) is 8.31. The summed E-state index contributed by atoms with van der Waals surface area (Å²) in [4.78, 5) is 3.40. The van der Waals surface area contributed by atoms with E-state index in [4.69, 9.17) is 4.74 Å². The second-order valence-corrected chi connectivity index (χ2v) is 6.63. The lowest BCUT2D eigenvalue weighted by Crippen LogP contribution is -2.41. The number of ether oxygens (including phenoxy) is 1. The molecule has 2 aromatic rings. The van der Waals surface area contributed by atoms with E-state index >= 15 is 0 Å². The molecule has 0 radical (unpaired) electrons. The second kappa shape index (κ2) is 6.05. The molecule has 8 heteroatoms. The standard InChI is InChI=1S/C18H17F3N2O3/c19-18(20,21)14-7-9(3-6-23-14)16-11-4-5-22-8-12(11)10-1-2-13(24)15(25)17(10)26-16/h1-3,6-7,11-12,16,22,24-25H,4-5,8H2. The third kappa shape index (κ3) is 2.74. The molecule has 3 N–H and O–H groups in total. The highest BCUT2D eigenvalue weighted by molar-refractivity contribution is 5.57. The molecule has 4 rings (SSSR count). The van der Waals surface area contributed by atoms with Crippen LogP contribution in [0.5, 0.6) is 17.2 Å². The summed E-state index contributed by atoms with van der Waals surface area (Å²) in [5, 5.41) is 23.2. The van der Waals surface area contributed by atoms with Gasteiger partial charge in [-0.2, -0.15) is 13.2 Å². The Hall–Kier alpha value is -2.48. The van der Waals surface area contributed by atoms with Crippen molar-refractivity contribution in [1.82, 2.24) is 10.3 Å². The summed E-state index contributed by atoms with van der Waals surface area (Å²) >= 11 is 0. The van der Waals surface area contributed by atoms with Crippen molar-refractivity contribution in [3.8, 4) is 17.2 Å². The molecule has 26 heavy (non-hydrogen) atoms. The smallest absolute Gasteiger partial charge is 0.433 e. The van der Waals surface area contributed by atoms with Gasteiger partial charge in [0.05, 0.1) is 0 Å². The summed E-state index contributed by atoms with van der Waals surface area (Å²) in [7, 11) is 0. The number of alkyl halides is 3. The Morgan fingerprint density at radius 2 is 2.00 bits per heavy atom. The molecule has 2 aliphatic heterocycles. The molecule has 1 fully saturated rings. The van der Waals surface area contributed by atoms with Crippen LogP contribution in [0.4, 0.5) is 13.2 Å². The number of phenols is 2. The number of phenolic OH excluding ortho intramolecular Hbond substituents is 2. The first kappa shape index (κ1) is 17.0. The van der Waals surface area contributed by atoms with Gasteiger partial charge < -0.3 is 20.3 Å². The van der Waals surface area contributed by atoms with Crippen molar-refractivity contribution in [3.05, 3.63) is 47.3 Å². The van der Waals surface area contributed by atoms with Gasteiger partial charge in [-0.15, -0.1) is 0 Å². The minimum absolute atomic E-state index is 0.0356. The summed E-state index contributed by atoms with van der Waals surface area (Å²) in [6.07, 6.45) is -3.36. The van der Waals surface area contributed by atoms with Crippen LogP contribution in [0.15, 0.2) is 30.5 Å². The zero-order valence-corrected chi connectivity index (χ0v) is 13.6. The van der Waals surface area contributed by atoms with Crippen molar-refractivity contribution >= 4 is 0 Å². The lowest BCUT2D eigenvalue weighted by molar-refractivity contribution is -0.141. The van der Waals surface area contributed by atoms with Crippen LogP contribution >= 0.6 is 0 Å². The van der Waals surface area contributed by atoms with E-state index in [9.17, 15) is 23.4 Å². The fourth-order valence-corrected chi connectivity index (χ4v) is 3.88. The fourth-order valence-electron chi connectivity index (χ4n) is 3.88. The molecule has 0 saturated carbocycles. The predicted molar refractivity (Wildman–Crippen MR) is 86.1 cm³/mol. The Morgan fingerprint density at radius 1 is 1.19 bits per heavy atom. The molecule has 5 nitrogen and oxygen atoms in total. The van der Waals surface area contributed by atoms with Gasteiger partial charge in [0, 0.05) is 30.1 Å². The molecular weight excluding hydrogens is 349 g/mol. The van der Waals surface area contributed by atoms with Crippen LogP contribution in [0.3, 0.4) is 0 Å². The van der Waals surface area contributed by atoms with E-state index in [0.717, 1.165) is 30.8 Å². The number of piperidine rings is 1. The molecule has 1 aromatic carbocycles. The molecule has 138 valence electrons. The Bertz CT molecular complexity index is 841. The number of hydrogen-bond acceptors (Lipinski definition) is 5. The van der Waals surface area contributed by atoms with E-state index in [-0.39, 0.29) is 29.1 Å². The van der Waals surface area contributed by atoms with E-state index in [2.05, 4.69) is 10.3 Å². The van der Waals surface area contributed by atoms with E-state index in [0.29, 0.717) is 12.1 Å². The monoisotopic (exact) mass is 366 g/mol. The molecule has 2 aliphatic rings. The van der Waals surface area contributed by atoms with Crippen molar-refractivity contribution in [3.63, 3.8) is 0 Å². The fraction of sp³-hybridized carbons (Fsp3) is 0.389. The van der Waals surface area contributed by atoms with Crippen LogP contribution in [-0.4, -0.2) is 28.3 Å². The van der Waals surface area contributed by atoms with Crippen LogP contribution in [0, 0.1) is 5.92 Å². The number of fused-ring (bicyclic) bond motifs is 3. The Kier molecular flexibility index (Phi) is 3.95. The first-order chi connectivity index (χ1) is 12.4. The lowest BCUT2D eigenvalue weighted by atomic mass is 9.74. The third-order valence-corrected chi connectivity index (χ3v) is 5.11. The van der Waals surface area contributed by atoms with Crippen LogP contribution in [0.2, 0.25) is 0 Å². The third-order valence-electron chi connectivity index (χ3n) is 5.11. The average Bonchev–Trinajstić information content (AvgIpc) is 2.63. The van der Waals surface area contributed by atoms with Gasteiger partial charge in [-0.05, 0) is 36.7 Å². The van der Waals surface area contributed by atoms with Gasteiger partial charge in [-0.3, -0.25) is 4.98 Å². The van der Waals surface area contributed by atoms with Crippen molar-refractivity contribution < 1.29 is 28.1 Å². The van der Waals surface area contributed by atoms with Gasteiger partial charge in [0.1, 0.15) is 11.8 Å². The second-order valence-electron chi connectivity index (χ2n) is 6.63. The summed E-state index contributed by atoms with van der Waals surface area (Å²) in [6.45, 7) is 1.36. The maximum absolute atomic E-state index is 13.0. The molecule has 0 aliphatic carbocycles. The number of nitrogens with one attached hydrogen (secondary N) is 1. The summed E-state index contributed by atoms with van der Waals surface area (Å²) in [5.74, 6) is -0.662. The van der Waals surface area contributed by atoms with E-state index in [1.807, 2.05) is 0 Å². The largest absolute Gasteiger partial charge is 0.504 e. The first-order valence-electron chi connectivity index (χ1n) is 8.31. The molecule has 1 aromatic heterocycles. The molecular formula is C18H17F3N2O3. The molecule has 1 saturated heterocycles. The zero-order valence-electron chi connectivity index (χ0n) is 13.6. The molecule has 0 amide bonds. The number of pyridine rings is 1. The molecule has 0 bridgehead atoms. The lowest BCUT2D eigenvalue weighted by Gasteiger charge is -2.43. The number of halogens is 3. The Balaban J connectivity index is 1.80. The van der Waals surface area contributed by atoms with E-state index < -0.39 is 18.0 Å². The topological polar surface area (TPSA) is 74.6 Å². The quantitative estimate of drug-likeness (QED) is 0.675. The SMILES string of the molecule is Oc1ccc2c(c1O)OC(c1ccnc(C(F)(F)F)c1)C1CCNCC21. The maximum atomic E-state index is 13.0. The van der Waals surface area contributed by atoms with Crippen molar-refractivity contribution in [2.75, 3.05) is 13.1 Å². The minimum Gasteiger partial charge on any atom is -0.504 e. The van der Waals surface area contributed by atoms with Gasteiger partial charge in [0.15, 0.2) is 11.5 Å². The van der Waals surface area contributed by atoms with Crippen LogP contribution in [0.25, 0.3) is 0 Å². The van der Waals surface area contributed by atoms with Crippen molar-refractivity contribution in [1.29, 1.82) is 0 Å². The van der Waals surface area contributed by atoms with Gasteiger partial charge in [0.2, 0.25) is 5.75 Å². The predicted octanol–water partition coefficient (Wildman–Crippen LogP) is 3.34. The highest BCUT2D eigenvalue weighted by Crippen LogP contribution is 2.53. The van der Waals surface area contributed by atoms with E-state index in [1.165, 1.54) is 12.1 Å². The van der Waals surface area contributed by atoms with Gasteiger partial charge in [-0.1, -0.05) is 6.07 Å². The normalized spacial score (nSPS) is 25.1. The zero-order chi connectivity index (χ0) is 18.5. The summed E-state index contributed by atoms with van der Waals surface area (Å²) in [5.41, 5.74) is 0.131. The maximum Gasteiger partial charge on any atom is 0.433 e. The van der Waals surface area contributed by atoms with E-state index in [1.54, 1.807) is 6.07 Å². The van der Waals surface area contributed by atoms with Gasteiger partial charge >= 0.3 is 6.18 Å². The number of rotatable bonds is 1. The number of aromatic nitrogens is 1. The molecule has 3 unspecified atom stereocenters. The van der Waals surface area contributed by atoms with Crippen LogP contribution in [-0.2, 0) is 6.18 Å². The average molecular weight is 366 g/mol. The number of aromatic hydroxyl groups is 2. The van der Waals surface area contributed by atoms with Crippen LogP contribution in [0.1, 0.15) is 35.3 Å². The van der Waals surface area contributed by atoms with Crippen molar-refractivity contribution in [2.45, 2.75) is 24.6 Å². The van der Waals surface area contributed by atoms with Crippen molar-refractivity contribution in [2.24, 2.45) is 5.92 Å². The summed E-state index contributed by atoms with van der Waals surface area (Å²) < 4.78 is 45.0. The van der Waals surface area contributed by atoms with Gasteiger partial charge in [-0.25, -0.2) is 0 Å². The number of nitrogens with zero attached hydrogens (tertiary/aromatic N) is 1. The Labute approximate surface area is 147 Å². The highest BCUT2D eigenvalue weighted by Gasteiger charge is 2.43. The highest BCUT2D eigenvalue weighted by atomic mass is 19.4. The molecule has 3 atom stereocenters. The summed E-state index contributed by atoms with van der Waals surface area (Å²) in [6, 6.07) is 5.59.